The Kier molecular flexibility index (Phi) is 5.88. The van der Waals surface area contributed by atoms with Gasteiger partial charge in [0.1, 0.15) is 0 Å². The third kappa shape index (κ3) is 6.00. The molecule has 5 nitrogen and oxygen atoms in total. The van der Waals surface area contributed by atoms with Crippen molar-refractivity contribution in [2.75, 3.05) is 40.3 Å². The molecule has 1 heterocycles. The molecule has 0 saturated carbocycles. The minimum atomic E-state index is -0.941. The Morgan fingerprint density at radius 1 is 1.59 bits per heavy atom. The first kappa shape index (κ1) is 14.4. The van der Waals surface area contributed by atoms with Crippen LogP contribution in [-0.4, -0.2) is 72.4 Å². The van der Waals surface area contributed by atoms with Crippen LogP contribution in [0.3, 0.4) is 0 Å². The minimum absolute atomic E-state index is 0.170. The predicted octanol–water partition coefficient (Wildman–Crippen LogP) is 0.0956. The topological polar surface area (TPSA) is 64.0 Å². The number of likely N-dealkylation sites (N-methyl/N-ethyl adjacent to an activating group) is 1. The zero-order valence-electron chi connectivity index (χ0n) is 10.8. The molecule has 1 saturated heterocycles. The van der Waals surface area contributed by atoms with Crippen molar-refractivity contribution in [2.45, 2.75) is 25.4 Å². The van der Waals surface area contributed by atoms with Gasteiger partial charge in [-0.15, -0.1) is 0 Å². The molecule has 0 spiro atoms. The smallest absolute Gasteiger partial charge is 0.306 e. The number of hydrogen-bond donors (Lipinski definition) is 2. The standard InChI is InChI=1S/C12H24N2O3/c1-13-5-3-10(8-13)4-6-14(2)9-11(15)7-12(16)17/h10-11,15H,3-9H2,1-2H3,(H,16,17). The molecule has 1 aliphatic heterocycles. The van der Waals surface area contributed by atoms with E-state index in [9.17, 15) is 9.90 Å². The molecule has 1 fully saturated rings. The highest BCUT2D eigenvalue weighted by Gasteiger charge is 2.20. The van der Waals surface area contributed by atoms with Crippen LogP contribution in [0.2, 0.25) is 0 Å². The Balaban J connectivity index is 2.12. The lowest BCUT2D eigenvalue weighted by Crippen LogP contribution is -2.32. The number of rotatable bonds is 7. The molecule has 1 rings (SSSR count). The van der Waals surface area contributed by atoms with Crippen molar-refractivity contribution in [3.63, 3.8) is 0 Å². The van der Waals surface area contributed by atoms with Crippen LogP contribution in [0, 0.1) is 5.92 Å². The molecule has 0 radical (unpaired) electrons. The van der Waals surface area contributed by atoms with E-state index in [0.29, 0.717) is 6.54 Å². The van der Waals surface area contributed by atoms with Gasteiger partial charge < -0.3 is 20.0 Å². The van der Waals surface area contributed by atoms with E-state index in [1.165, 1.54) is 13.0 Å². The molecule has 0 aromatic heterocycles. The Bertz CT molecular complexity index is 248. The van der Waals surface area contributed by atoms with Gasteiger partial charge in [0.15, 0.2) is 0 Å². The molecule has 100 valence electrons. The van der Waals surface area contributed by atoms with Crippen molar-refractivity contribution in [3.8, 4) is 0 Å². The number of carboxylic acid groups (broad SMARTS) is 1. The summed E-state index contributed by atoms with van der Waals surface area (Å²) in [5, 5.41) is 18.0. The number of hydrogen-bond acceptors (Lipinski definition) is 4. The third-order valence-electron chi connectivity index (χ3n) is 3.34. The molecule has 0 aromatic rings. The highest BCUT2D eigenvalue weighted by Crippen LogP contribution is 2.17. The van der Waals surface area contributed by atoms with E-state index in [-0.39, 0.29) is 6.42 Å². The number of aliphatic carboxylic acids is 1. The van der Waals surface area contributed by atoms with Gasteiger partial charge in [-0.25, -0.2) is 0 Å². The van der Waals surface area contributed by atoms with Gasteiger partial charge in [0.05, 0.1) is 12.5 Å². The average molecular weight is 244 g/mol. The monoisotopic (exact) mass is 244 g/mol. The molecule has 5 heteroatoms. The number of carboxylic acids is 1. The van der Waals surface area contributed by atoms with Crippen LogP contribution < -0.4 is 0 Å². The van der Waals surface area contributed by atoms with Crippen LogP contribution in [0.4, 0.5) is 0 Å². The normalized spacial score (nSPS) is 23.2. The lowest BCUT2D eigenvalue weighted by Gasteiger charge is -2.21. The SMILES string of the molecule is CN(CCC1CCN(C)C1)CC(O)CC(=O)O. The van der Waals surface area contributed by atoms with Crippen molar-refractivity contribution in [3.05, 3.63) is 0 Å². The first-order valence-electron chi connectivity index (χ1n) is 6.24. The Labute approximate surface area is 103 Å². The van der Waals surface area contributed by atoms with Gasteiger partial charge in [-0.2, -0.15) is 0 Å². The van der Waals surface area contributed by atoms with E-state index in [2.05, 4.69) is 11.9 Å². The molecule has 1 aliphatic rings. The quantitative estimate of drug-likeness (QED) is 0.665. The van der Waals surface area contributed by atoms with Crippen LogP contribution in [-0.2, 0) is 4.79 Å². The minimum Gasteiger partial charge on any atom is -0.481 e. The molecule has 17 heavy (non-hydrogen) atoms. The van der Waals surface area contributed by atoms with E-state index in [1.807, 2.05) is 11.9 Å². The van der Waals surface area contributed by atoms with Crippen LogP contribution in [0.15, 0.2) is 0 Å². The van der Waals surface area contributed by atoms with Gasteiger partial charge in [-0.3, -0.25) is 4.79 Å². The molecule has 2 N–H and O–H groups in total. The fourth-order valence-electron chi connectivity index (χ4n) is 2.38. The summed E-state index contributed by atoms with van der Waals surface area (Å²) < 4.78 is 0. The molecular weight excluding hydrogens is 220 g/mol. The highest BCUT2D eigenvalue weighted by atomic mass is 16.4. The van der Waals surface area contributed by atoms with Crippen molar-refractivity contribution >= 4 is 5.97 Å². The summed E-state index contributed by atoms with van der Waals surface area (Å²) in [4.78, 5) is 14.8. The fourth-order valence-corrected chi connectivity index (χ4v) is 2.38. The molecule has 0 amide bonds. The van der Waals surface area contributed by atoms with Gasteiger partial charge in [0.25, 0.3) is 0 Å². The van der Waals surface area contributed by atoms with Crippen molar-refractivity contribution < 1.29 is 15.0 Å². The molecule has 0 aromatic carbocycles. The largest absolute Gasteiger partial charge is 0.481 e. The lowest BCUT2D eigenvalue weighted by atomic mass is 10.0. The maximum atomic E-state index is 10.4. The molecule has 0 bridgehead atoms. The molecule has 2 atom stereocenters. The first-order valence-corrected chi connectivity index (χ1v) is 6.24. The van der Waals surface area contributed by atoms with Gasteiger partial charge >= 0.3 is 5.97 Å². The van der Waals surface area contributed by atoms with E-state index < -0.39 is 12.1 Å². The van der Waals surface area contributed by atoms with E-state index in [4.69, 9.17) is 5.11 Å². The van der Waals surface area contributed by atoms with Crippen molar-refractivity contribution in [1.29, 1.82) is 0 Å². The maximum Gasteiger partial charge on any atom is 0.306 e. The summed E-state index contributed by atoms with van der Waals surface area (Å²) in [6.45, 7) is 3.70. The summed E-state index contributed by atoms with van der Waals surface area (Å²) in [6, 6.07) is 0. The van der Waals surface area contributed by atoms with Crippen LogP contribution in [0.1, 0.15) is 19.3 Å². The van der Waals surface area contributed by atoms with Crippen LogP contribution in [0.25, 0.3) is 0 Å². The Morgan fingerprint density at radius 2 is 2.29 bits per heavy atom. The second-order valence-corrected chi connectivity index (χ2v) is 5.22. The molecule has 0 aliphatic carbocycles. The Morgan fingerprint density at radius 3 is 2.82 bits per heavy atom. The highest BCUT2D eigenvalue weighted by molar-refractivity contribution is 5.67. The second kappa shape index (κ2) is 6.93. The van der Waals surface area contributed by atoms with Crippen LogP contribution >= 0.6 is 0 Å². The number of aliphatic hydroxyl groups excluding tert-OH is 1. The summed E-state index contributed by atoms with van der Waals surface area (Å²) in [6.07, 6.45) is 1.45. The third-order valence-corrected chi connectivity index (χ3v) is 3.34. The number of likely N-dealkylation sites (tertiary alicyclic amines) is 1. The summed E-state index contributed by atoms with van der Waals surface area (Å²) in [7, 11) is 4.07. The van der Waals surface area contributed by atoms with Gasteiger partial charge in [-0.1, -0.05) is 0 Å². The predicted molar refractivity (Wildman–Crippen MR) is 66.0 cm³/mol. The summed E-state index contributed by atoms with van der Waals surface area (Å²) in [5.41, 5.74) is 0. The second-order valence-electron chi connectivity index (χ2n) is 5.22. The van der Waals surface area contributed by atoms with Gasteiger partial charge in [0, 0.05) is 13.1 Å². The number of nitrogens with zero attached hydrogens (tertiary/aromatic N) is 2. The summed E-state index contributed by atoms with van der Waals surface area (Å²) in [5.74, 6) is -0.192. The van der Waals surface area contributed by atoms with E-state index >= 15 is 0 Å². The van der Waals surface area contributed by atoms with E-state index in [0.717, 1.165) is 25.4 Å². The van der Waals surface area contributed by atoms with Crippen molar-refractivity contribution in [1.82, 2.24) is 9.80 Å². The fraction of sp³-hybridized carbons (Fsp3) is 0.917. The van der Waals surface area contributed by atoms with Crippen LogP contribution in [0.5, 0.6) is 0 Å². The number of carbonyl (C=O) groups is 1. The zero-order valence-corrected chi connectivity index (χ0v) is 10.8. The van der Waals surface area contributed by atoms with E-state index in [1.54, 1.807) is 0 Å². The Hall–Kier alpha value is -0.650. The summed E-state index contributed by atoms with van der Waals surface area (Å²) >= 11 is 0. The van der Waals surface area contributed by atoms with Gasteiger partial charge in [0.2, 0.25) is 0 Å². The number of aliphatic hydroxyl groups is 1. The zero-order chi connectivity index (χ0) is 12.8. The molecule has 2 unspecified atom stereocenters. The average Bonchev–Trinajstić information content (AvgIpc) is 2.59. The lowest BCUT2D eigenvalue weighted by molar-refractivity contribution is -0.139. The van der Waals surface area contributed by atoms with Crippen molar-refractivity contribution in [2.24, 2.45) is 5.92 Å². The maximum absolute atomic E-state index is 10.4. The first-order chi connectivity index (χ1) is 7.97. The van der Waals surface area contributed by atoms with Gasteiger partial charge in [-0.05, 0) is 45.9 Å². The molecular formula is C12H24N2O3.